The minimum atomic E-state index is 0.277. The summed E-state index contributed by atoms with van der Waals surface area (Å²) in [4.78, 5) is 0. The summed E-state index contributed by atoms with van der Waals surface area (Å²) in [5.74, 6) is 1.55. The average Bonchev–Trinajstić information content (AvgIpc) is 3.02. The zero-order chi connectivity index (χ0) is 16.9. The van der Waals surface area contributed by atoms with Gasteiger partial charge in [0.05, 0.1) is 0 Å². The molecule has 0 saturated carbocycles. The predicted molar refractivity (Wildman–Crippen MR) is 100 cm³/mol. The van der Waals surface area contributed by atoms with Crippen molar-refractivity contribution >= 4 is 40.5 Å². The van der Waals surface area contributed by atoms with Crippen LogP contribution in [0.15, 0.2) is 36.4 Å². The second kappa shape index (κ2) is 7.92. The molecule has 0 aromatic heterocycles. The Kier molecular flexibility index (Phi) is 5.66. The molecule has 2 aromatic rings. The van der Waals surface area contributed by atoms with Gasteiger partial charge in [-0.05, 0) is 54.0 Å². The normalized spacial score (nSPS) is 12.1. The minimum Gasteiger partial charge on any atom is -0.454 e. The zero-order valence-corrected chi connectivity index (χ0v) is 15.1. The molecule has 1 heterocycles. The van der Waals surface area contributed by atoms with Crippen LogP contribution in [0.25, 0.3) is 0 Å². The Morgan fingerprint density at radius 1 is 1.04 bits per heavy atom. The van der Waals surface area contributed by atoms with E-state index in [1.54, 1.807) is 6.07 Å². The van der Waals surface area contributed by atoms with Gasteiger partial charge in [-0.25, -0.2) is 0 Å². The average molecular weight is 383 g/mol. The molecule has 0 aliphatic carbocycles. The first-order valence-electron chi connectivity index (χ1n) is 7.46. The Bertz CT molecular complexity index is 755. The highest BCUT2D eigenvalue weighted by atomic mass is 35.5. The topological polar surface area (TPSA) is 42.5 Å². The number of fused-ring (bicyclic) bond motifs is 1. The molecule has 0 bridgehead atoms. The van der Waals surface area contributed by atoms with E-state index in [1.807, 2.05) is 30.3 Å². The predicted octanol–water partition coefficient (Wildman–Crippen LogP) is 3.93. The third kappa shape index (κ3) is 4.44. The van der Waals surface area contributed by atoms with Crippen molar-refractivity contribution in [3.05, 3.63) is 57.6 Å². The quantitative estimate of drug-likeness (QED) is 0.766. The number of nitrogens with one attached hydrogen (secondary N) is 2. The molecule has 7 heteroatoms. The first kappa shape index (κ1) is 17.1. The number of thiocarbonyl (C=S) groups is 1. The fraction of sp³-hybridized carbons (Fsp3) is 0.235. The summed E-state index contributed by atoms with van der Waals surface area (Å²) >= 11 is 17.3. The third-order valence-electron chi connectivity index (χ3n) is 3.59. The van der Waals surface area contributed by atoms with Crippen LogP contribution in [0.5, 0.6) is 11.5 Å². The summed E-state index contributed by atoms with van der Waals surface area (Å²) in [5, 5.41) is 8.24. The summed E-state index contributed by atoms with van der Waals surface area (Å²) in [6.45, 7) is 1.58. The van der Waals surface area contributed by atoms with E-state index in [-0.39, 0.29) is 6.79 Å². The first-order chi connectivity index (χ1) is 11.6. The second-order valence-corrected chi connectivity index (χ2v) is 6.53. The maximum Gasteiger partial charge on any atom is 0.231 e. The second-order valence-electron chi connectivity index (χ2n) is 5.28. The molecule has 2 aromatic carbocycles. The van der Waals surface area contributed by atoms with Gasteiger partial charge >= 0.3 is 0 Å². The van der Waals surface area contributed by atoms with Crippen LogP contribution >= 0.6 is 35.4 Å². The molecular weight excluding hydrogens is 367 g/mol. The zero-order valence-electron chi connectivity index (χ0n) is 12.8. The van der Waals surface area contributed by atoms with Crippen molar-refractivity contribution in [3.8, 4) is 11.5 Å². The molecule has 0 unspecified atom stereocenters. The van der Waals surface area contributed by atoms with E-state index in [4.69, 9.17) is 44.9 Å². The van der Waals surface area contributed by atoms with E-state index >= 15 is 0 Å². The lowest BCUT2D eigenvalue weighted by atomic mass is 10.1. The molecule has 4 nitrogen and oxygen atoms in total. The molecule has 0 fully saturated rings. The fourth-order valence-corrected chi connectivity index (χ4v) is 3.01. The molecule has 1 aliphatic heterocycles. The number of hydrogen-bond donors (Lipinski definition) is 2. The van der Waals surface area contributed by atoms with Crippen molar-refractivity contribution < 1.29 is 9.47 Å². The van der Waals surface area contributed by atoms with E-state index in [0.29, 0.717) is 28.2 Å². The maximum absolute atomic E-state index is 6.15. The lowest BCUT2D eigenvalue weighted by Gasteiger charge is -2.11. The fourth-order valence-electron chi connectivity index (χ4n) is 2.33. The largest absolute Gasteiger partial charge is 0.454 e. The van der Waals surface area contributed by atoms with Gasteiger partial charge in [-0.3, -0.25) is 0 Å². The monoisotopic (exact) mass is 382 g/mol. The standard InChI is InChI=1S/C17H16Cl2N2O2S/c18-13-3-2-12(14(19)8-13)5-6-20-17(24)21-9-11-1-4-15-16(7-11)23-10-22-15/h1-4,7-8H,5-6,9-10H2,(H2,20,21,24). The van der Waals surface area contributed by atoms with E-state index in [0.717, 1.165) is 29.0 Å². The Balaban J connectivity index is 1.43. The number of rotatable bonds is 5. The molecule has 24 heavy (non-hydrogen) atoms. The first-order valence-corrected chi connectivity index (χ1v) is 8.62. The van der Waals surface area contributed by atoms with Crippen LogP contribution in [0.1, 0.15) is 11.1 Å². The molecule has 3 rings (SSSR count). The van der Waals surface area contributed by atoms with E-state index < -0.39 is 0 Å². The molecular formula is C17H16Cl2N2O2S. The van der Waals surface area contributed by atoms with Gasteiger partial charge < -0.3 is 20.1 Å². The highest BCUT2D eigenvalue weighted by Gasteiger charge is 2.13. The molecule has 126 valence electrons. The van der Waals surface area contributed by atoms with Gasteiger partial charge in [0.15, 0.2) is 16.6 Å². The molecule has 1 aliphatic rings. The summed E-state index contributed by atoms with van der Waals surface area (Å²) in [5.41, 5.74) is 2.11. The summed E-state index contributed by atoms with van der Waals surface area (Å²) in [7, 11) is 0. The van der Waals surface area contributed by atoms with Gasteiger partial charge in [-0.15, -0.1) is 0 Å². The van der Waals surface area contributed by atoms with Crippen LogP contribution in [0.2, 0.25) is 10.0 Å². The van der Waals surface area contributed by atoms with Crippen molar-refractivity contribution in [2.45, 2.75) is 13.0 Å². The third-order valence-corrected chi connectivity index (χ3v) is 4.46. The van der Waals surface area contributed by atoms with Crippen molar-refractivity contribution in [3.63, 3.8) is 0 Å². The van der Waals surface area contributed by atoms with E-state index in [9.17, 15) is 0 Å². The number of benzene rings is 2. The SMILES string of the molecule is S=C(NCCc1ccc(Cl)cc1Cl)NCc1ccc2c(c1)OCO2. The van der Waals surface area contributed by atoms with Crippen LogP contribution < -0.4 is 20.1 Å². The van der Waals surface area contributed by atoms with Gasteiger partial charge in [-0.2, -0.15) is 0 Å². The summed E-state index contributed by atoms with van der Waals surface area (Å²) in [6.07, 6.45) is 0.766. The highest BCUT2D eigenvalue weighted by Crippen LogP contribution is 2.32. The molecule has 0 spiro atoms. The lowest BCUT2D eigenvalue weighted by Crippen LogP contribution is -2.35. The Hall–Kier alpha value is -1.69. The smallest absolute Gasteiger partial charge is 0.231 e. The van der Waals surface area contributed by atoms with Gasteiger partial charge in [0.25, 0.3) is 0 Å². The molecule has 0 radical (unpaired) electrons. The van der Waals surface area contributed by atoms with Crippen molar-refractivity contribution in [1.82, 2.24) is 10.6 Å². The summed E-state index contributed by atoms with van der Waals surface area (Å²) < 4.78 is 10.7. The number of hydrogen-bond acceptors (Lipinski definition) is 3. The van der Waals surface area contributed by atoms with Crippen LogP contribution in [-0.2, 0) is 13.0 Å². The van der Waals surface area contributed by atoms with Gasteiger partial charge in [0, 0.05) is 23.1 Å². The van der Waals surface area contributed by atoms with Crippen molar-refractivity contribution in [2.24, 2.45) is 0 Å². The molecule has 0 amide bonds. The van der Waals surface area contributed by atoms with Crippen LogP contribution in [-0.4, -0.2) is 18.5 Å². The van der Waals surface area contributed by atoms with Crippen molar-refractivity contribution in [2.75, 3.05) is 13.3 Å². The van der Waals surface area contributed by atoms with Crippen LogP contribution in [0.3, 0.4) is 0 Å². The molecule has 0 atom stereocenters. The maximum atomic E-state index is 6.15. The van der Waals surface area contributed by atoms with E-state index in [2.05, 4.69) is 10.6 Å². The van der Waals surface area contributed by atoms with E-state index in [1.165, 1.54) is 0 Å². The molecule has 2 N–H and O–H groups in total. The minimum absolute atomic E-state index is 0.277. The van der Waals surface area contributed by atoms with Crippen molar-refractivity contribution in [1.29, 1.82) is 0 Å². The Labute approximate surface area is 156 Å². The lowest BCUT2D eigenvalue weighted by molar-refractivity contribution is 0.174. The highest BCUT2D eigenvalue weighted by molar-refractivity contribution is 7.80. The molecule has 0 saturated heterocycles. The van der Waals surface area contributed by atoms with Gasteiger partial charge in [0.2, 0.25) is 6.79 Å². The van der Waals surface area contributed by atoms with Gasteiger partial charge in [-0.1, -0.05) is 35.3 Å². The Morgan fingerprint density at radius 3 is 2.71 bits per heavy atom. The van der Waals surface area contributed by atoms with Crippen LogP contribution in [0, 0.1) is 0 Å². The Morgan fingerprint density at radius 2 is 1.88 bits per heavy atom. The number of halogens is 2. The van der Waals surface area contributed by atoms with Crippen LogP contribution in [0.4, 0.5) is 0 Å². The van der Waals surface area contributed by atoms with Gasteiger partial charge in [0.1, 0.15) is 0 Å². The number of ether oxygens (including phenoxy) is 2. The summed E-state index contributed by atoms with van der Waals surface area (Å²) in [6, 6.07) is 11.3.